The lowest BCUT2D eigenvalue weighted by Gasteiger charge is -2.31. The van der Waals surface area contributed by atoms with Crippen molar-refractivity contribution in [3.8, 4) is 0 Å². The van der Waals surface area contributed by atoms with Crippen LogP contribution < -0.4 is 9.80 Å². The predicted molar refractivity (Wildman–Crippen MR) is 120 cm³/mol. The monoisotopic (exact) mass is 426 g/mol. The molecule has 3 heterocycles. The smallest absolute Gasteiger partial charge is 0.348 e. The van der Waals surface area contributed by atoms with Gasteiger partial charge in [0.25, 0.3) is 0 Å². The first-order valence-electron chi connectivity index (χ1n) is 9.97. The van der Waals surface area contributed by atoms with Gasteiger partial charge in [-0.1, -0.05) is 18.2 Å². The van der Waals surface area contributed by atoms with Crippen molar-refractivity contribution in [1.82, 2.24) is 9.97 Å². The Morgan fingerprint density at radius 3 is 2.70 bits per heavy atom. The minimum Gasteiger partial charge on any atom is -0.465 e. The van der Waals surface area contributed by atoms with Gasteiger partial charge in [0.2, 0.25) is 0 Å². The Morgan fingerprint density at radius 1 is 1.23 bits per heavy atom. The molecule has 0 spiro atoms. The van der Waals surface area contributed by atoms with Crippen LogP contribution in [0.3, 0.4) is 0 Å². The molecule has 0 aliphatic carbocycles. The van der Waals surface area contributed by atoms with Crippen molar-refractivity contribution >= 4 is 39.0 Å². The van der Waals surface area contributed by atoms with Crippen LogP contribution in [0.15, 0.2) is 24.3 Å². The first-order chi connectivity index (χ1) is 14.5. The van der Waals surface area contributed by atoms with E-state index >= 15 is 0 Å². The van der Waals surface area contributed by atoms with Gasteiger partial charge in [-0.2, -0.15) is 0 Å². The van der Waals surface area contributed by atoms with Gasteiger partial charge >= 0.3 is 5.97 Å². The van der Waals surface area contributed by atoms with Crippen molar-refractivity contribution in [3.05, 3.63) is 46.1 Å². The topological polar surface area (TPSA) is 67.8 Å². The Hall–Kier alpha value is -2.71. The summed E-state index contributed by atoms with van der Waals surface area (Å²) in [6.45, 7) is 7.80. The van der Waals surface area contributed by atoms with Crippen LogP contribution in [0.5, 0.6) is 0 Å². The second-order valence-corrected chi connectivity index (χ2v) is 8.41. The Balaban J connectivity index is 1.72. The highest BCUT2D eigenvalue weighted by Gasteiger charge is 2.23. The lowest BCUT2D eigenvalue weighted by atomic mass is 10.1. The first kappa shape index (κ1) is 20.6. The summed E-state index contributed by atoms with van der Waals surface area (Å²) in [7, 11) is 3.44. The number of aromatic nitrogens is 2. The summed E-state index contributed by atoms with van der Waals surface area (Å²) < 4.78 is 10.5. The van der Waals surface area contributed by atoms with Crippen molar-refractivity contribution in [2.45, 2.75) is 20.4 Å². The van der Waals surface area contributed by atoms with E-state index in [-0.39, 0.29) is 5.97 Å². The van der Waals surface area contributed by atoms with E-state index in [1.54, 1.807) is 0 Å². The molecule has 0 atom stereocenters. The Bertz CT molecular complexity index is 1080. The molecule has 3 aromatic rings. The number of carbonyl (C=O) groups excluding carboxylic acids is 1. The molecule has 0 unspecified atom stereocenters. The molecule has 1 aliphatic heterocycles. The van der Waals surface area contributed by atoms with Gasteiger partial charge in [-0.05, 0) is 31.0 Å². The molecule has 2 aromatic heterocycles. The van der Waals surface area contributed by atoms with E-state index < -0.39 is 0 Å². The Kier molecular flexibility index (Phi) is 5.87. The molecule has 1 fully saturated rings. The van der Waals surface area contributed by atoms with Crippen LogP contribution in [-0.4, -0.2) is 56.4 Å². The molecule has 0 saturated carbocycles. The number of hydrogen-bond donors (Lipinski definition) is 0. The van der Waals surface area contributed by atoms with Crippen molar-refractivity contribution in [3.63, 3.8) is 0 Å². The maximum atomic E-state index is 12.2. The number of aryl methyl sites for hydroxylation is 2. The number of para-hydroxylation sites is 1. The van der Waals surface area contributed by atoms with E-state index in [0.717, 1.165) is 47.9 Å². The molecule has 1 saturated heterocycles. The third-order valence-electron chi connectivity index (χ3n) is 5.37. The number of rotatable bonds is 5. The second-order valence-electron chi connectivity index (χ2n) is 7.41. The summed E-state index contributed by atoms with van der Waals surface area (Å²) in [5, 5.41) is 0.914. The zero-order valence-corrected chi connectivity index (χ0v) is 18.6. The molecular weight excluding hydrogens is 400 g/mol. The van der Waals surface area contributed by atoms with Crippen molar-refractivity contribution < 1.29 is 14.3 Å². The van der Waals surface area contributed by atoms with Gasteiger partial charge in [-0.25, -0.2) is 14.8 Å². The molecule has 158 valence electrons. The van der Waals surface area contributed by atoms with Crippen molar-refractivity contribution in [1.29, 1.82) is 0 Å². The van der Waals surface area contributed by atoms with Crippen LogP contribution in [0, 0.1) is 13.8 Å². The van der Waals surface area contributed by atoms with Gasteiger partial charge < -0.3 is 19.3 Å². The number of anilines is 2. The number of esters is 1. The summed E-state index contributed by atoms with van der Waals surface area (Å²) in [5.74, 6) is 1.18. The normalized spacial score (nSPS) is 14.2. The minimum absolute atomic E-state index is 0.334. The number of benzene rings is 1. The fourth-order valence-electron chi connectivity index (χ4n) is 3.87. The lowest BCUT2D eigenvalue weighted by Crippen LogP contribution is -2.37. The summed E-state index contributed by atoms with van der Waals surface area (Å²) in [6.07, 6.45) is 0. The maximum Gasteiger partial charge on any atom is 0.348 e. The molecule has 8 heteroatoms. The molecule has 0 N–H and O–H groups in total. The molecule has 7 nitrogen and oxygen atoms in total. The molecule has 30 heavy (non-hydrogen) atoms. The van der Waals surface area contributed by atoms with Gasteiger partial charge in [0.15, 0.2) is 0 Å². The van der Waals surface area contributed by atoms with E-state index in [1.807, 2.05) is 20.9 Å². The Labute approximate surface area is 180 Å². The zero-order chi connectivity index (χ0) is 21.3. The van der Waals surface area contributed by atoms with Gasteiger partial charge in [-0.15, -0.1) is 11.3 Å². The fraction of sp³-hybridized carbons (Fsp3) is 0.409. The number of hydrogen-bond acceptors (Lipinski definition) is 8. The maximum absolute atomic E-state index is 12.2. The summed E-state index contributed by atoms with van der Waals surface area (Å²) in [5.41, 5.74) is 3.32. The van der Waals surface area contributed by atoms with Crippen LogP contribution in [0.1, 0.15) is 26.6 Å². The summed E-state index contributed by atoms with van der Waals surface area (Å²) >= 11 is 1.36. The van der Waals surface area contributed by atoms with Crippen molar-refractivity contribution in [2.24, 2.45) is 0 Å². The van der Waals surface area contributed by atoms with Crippen LogP contribution in [0.25, 0.3) is 10.2 Å². The number of ether oxygens (including phenoxy) is 2. The molecule has 0 radical (unpaired) electrons. The zero-order valence-electron chi connectivity index (χ0n) is 17.8. The first-order valence-corrected chi connectivity index (χ1v) is 10.8. The number of thiophene rings is 1. The van der Waals surface area contributed by atoms with Crippen LogP contribution >= 0.6 is 11.3 Å². The average Bonchev–Trinajstić information content (AvgIpc) is 3.09. The largest absolute Gasteiger partial charge is 0.465 e. The molecular formula is C22H26N4O3S. The van der Waals surface area contributed by atoms with Gasteiger partial charge in [0.05, 0.1) is 25.7 Å². The number of morpholine rings is 1. The highest BCUT2D eigenvalue weighted by Crippen LogP contribution is 2.36. The van der Waals surface area contributed by atoms with Crippen LogP contribution in [0.2, 0.25) is 0 Å². The molecule has 4 rings (SSSR count). The number of nitrogens with zero attached hydrogens (tertiary/aromatic N) is 4. The minimum atomic E-state index is -0.334. The van der Waals surface area contributed by atoms with Crippen LogP contribution in [-0.2, 0) is 16.0 Å². The van der Waals surface area contributed by atoms with E-state index in [4.69, 9.17) is 14.5 Å². The summed E-state index contributed by atoms with van der Waals surface area (Å²) in [4.78, 5) is 27.4. The van der Waals surface area contributed by atoms with E-state index in [1.165, 1.54) is 29.7 Å². The molecule has 0 bridgehead atoms. The number of methoxy groups -OCH3 is 1. The third-order valence-corrected chi connectivity index (χ3v) is 6.53. The SMILES string of the molecule is COC(=O)c1sc2nc(C)nc(N(C)Cc3ccccc3N3CCOCC3)c2c1C. The van der Waals surface area contributed by atoms with Gasteiger partial charge in [0, 0.05) is 32.4 Å². The number of carbonyl (C=O) groups is 1. The van der Waals surface area contributed by atoms with E-state index in [9.17, 15) is 4.79 Å². The van der Waals surface area contributed by atoms with E-state index in [2.05, 4.69) is 39.0 Å². The third kappa shape index (κ3) is 3.85. The molecule has 0 amide bonds. The molecule has 1 aromatic carbocycles. The van der Waals surface area contributed by atoms with E-state index in [0.29, 0.717) is 17.2 Å². The van der Waals surface area contributed by atoms with Crippen LogP contribution in [0.4, 0.5) is 11.5 Å². The predicted octanol–water partition coefficient (Wildman–Crippen LogP) is 3.57. The van der Waals surface area contributed by atoms with Crippen molar-refractivity contribution in [2.75, 3.05) is 50.3 Å². The Morgan fingerprint density at radius 2 is 1.97 bits per heavy atom. The quantitative estimate of drug-likeness (QED) is 0.578. The highest BCUT2D eigenvalue weighted by molar-refractivity contribution is 7.20. The fourth-order valence-corrected chi connectivity index (χ4v) is 5.01. The van der Waals surface area contributed by atoms with Gasteiger partial charge in [-0.3, -0.25) is 0 Å². The lowest BCUT2D eigenvalue weighted by molar-refractivity contribution is 0.0605. The molecule has 1 aliphatic rings. The summed E-state index contributed by atoms with van der Waals surface area (Å²) in [6, 6.07) is 8.47. The second kappa shape index (κ2) is 8.57. The van der Waals surface area contributed by atoms with Gasteiger partial charge in [0.1, 0.15) is 21.3 Å². The average molecular weight is 427 g/mol. The highest BCUT2D eigenvalue weighted by atomic mass is 32.1. The standard InChI is InChI=1S/C22H26N4O3S/c1-14-18-20(23-15(2)24-21(18)30-19(14)22(27)28-4)25(3)13-16-7-5-6-8-17(16)26-9-11-29-12-10-26/h5-8H,9-13H2,1-4H3. The number of fused-ring (bicyclic) bond motifs is 1.